The lowest BCUT2D eigenvalue weighted by atomic mass is 9.97. The number of ether oxygens (including phenoxy) is 2. The van der Waals surface area contributed by atoms with Crippen molar-refractivity contribution in [2.75, 3.05) is 11.6 Å². The number of hydrogen-bond donors (Lipinski definition) is 1. The summed E-state index contributed by atoms with van der Waals surface area (Å²) in [6.45, 7) is 7.74. The van der Waals surface area contributed by atoms with Gasteiger partial charge in [0.25, 0.3) is 0 Å². The lowest BCUT2D eigenvalue weighted by Crippen LogP contribution is -2.36. The number of thioether (sulfide) groups is 1. The van der Waals surface area contributed by atoms with Crippen LogP contribution in [0.25, 0.3) is 11.4 Å². The number of nitrogens with one attached hydrogen (secondary N) is 1. The fourth-order valence-corrected chi connectivity index (χ4v) is 5.59. The molecule has 1 atom stereocenters. The number of halogens is 1. The average Bonchev–Trinajstić information content (AvgIpc) is 3.41. The number of aromatic nitrogens is 2. The van der Waals surface area contributed by atoms with E-state index in [1.807, 2.05) is 45.2 Å². The third-order valence-corrected chi connectivity index (χ3v) is 7.61. The number of amides is 1. The maximum atomic E-state index is 12.7. The smallest absolute Gasteiger partial charge is 0.411 e. The van der Waals surface area contributed by atoms with E-state index in [0.29, 0.717) is 5.88 Å². The van der Waals surface area contributed by atoms with Gasteiger partial charge in [-0.25, -0.2) is 9.78 Å². The summed E-state index contributed by atoms with van der Waals surface area (Å²) in [5.41, 5.74) is 4.89. The van der Waals surface area contributed by atoms with Crippen LogP contribution in [0, 0.1) is 6.92 Å². The van der Waals surface area contributed by atoms with Gasteiger partial charge in [-0.3, -0.25) is 4.90 Å². The van der Waals surface area contributed by atoms with Gasteiger partial charge in [0.1, 0.15) is 22.9 Å². The number of rotatable bonds is 2. The summed E-state index contributed by atoms with van der Waals surface area (Å²) in [4.78, 5) is 22.5. The summed E-state index contributed by atoms with van der Waals surface area (Å²) < 4.78 is 12.8. The molecular weight excluding hydrogens is 502 g/mol. The minimum absolute atomic E-state index is 0.0830. The first-order valence-corrected chi connectivity index (χ1v) is 12.8. The van der Waals surface area contributed by atoms with Crippen LogP contribution in [-0.2, 0) is 11.2 Å². The van der Waals surface area contributed by atoms with Crippen LogP contribution in [-0.4, -0.2) is 38.2 Å². The Kier molecular flexibility index (Phi) is 5.69. The van der Waals surface area contributed by atoms with E-state index in [-0.39, 0.29) is 12.1 Å². The van der Waals surface area contributed by atoms with Crippen LogP contribution in [0.5, 0.6) is 11.5 Å². The van der Waals surface area contributed by atoms with Crippen LogP contribution < -0.4 is 4.74 Å². The van der Waals surface area contributed by atoms with Crippen LogP contribution >= 0.6 is 27.7 Å². The monoisotopic (exact) mass is 527 g/mol. The van der Waals surface area contributed by atoms with Gasteiger partial charge in [0.2, 0.25) is 0 Å². The van der Waals surface area contributed by atoms with Crippen molar-refractivity contribution in [2.45, 2.75) is 45.8 Å². The zero-order valence-electron chi connectivity index (χ0n) is 19.1. The Balaban J connectivity index is 1.38. The molecule has 1 fully saturated rings. The fraction of sp³-hybridized carbons (Fsp3) is 0.360. The molecule has 1 aromatic heterocycles. The van der Waals surface area contributed by atoms with Crippen molar-refractivity contribution in [2.24, 2.45) is 0 Å². The Morgan fingerprint density at radius 1 is 1.24 bits per heavy atom. The Bertz CT molecular complexity index is 1230. The van der Waals surface area contributed by atoms with E-state index in [9.17, 15) is 4.79 Å². The van der Waals surface area contributed by atoms with Crippen LogP contribution in [0.3, 0.4) is 0 Å². The Morgan fingerprint density at radius 3 is 2.82 bits per heavy atom. The highest BCUT2D eigenvalue weighted by molar-refractivity contribution is 9.10. The number of H-pyrrole nitrogens is 1. The highest BCUT2D eigenvalue weighted by Crippen LogP contribution is 2.41. The first-order valence-electron chi connectivity index (χ1n) is 10.9. The van der Waals surface area contributed by atoms with Crippen molar-refractivity contribution in [3.63, 3.8) is 0 Å². The summed E-state index contributed by atoms with van der Waals surface area (Å²) in [6, 6.07) is 10.3. The highest BCUT2D eigenvalue weighted by Gasteiger charge is 2.34. The highest BCUT2D eigenvalue weighted by atomic mass is 79.9. The van der Waals surface area contributed by atoms with E-state index >= 15 is 0 Å². The molecule has 0 bridgehead atoms. The second-order valence-corrected chi connectivity index (χ2v) is 11.3. The Hall–Kier alpha value is -2.45. The number of nitrogens with zero attached hydrogens (tertiary/aromatic N) is 2. The largest absolute Gasteiger partial charge is 0.457 e. The van der Waals surface area contributed by atoms with Gasteiger partial charge in [0.15, 0.2) is 0 Å². The van der Waals surface area contributed by atoms with Gasteiger partial charge in [0, 0.05) is 27.8 Å². The van der Waals surface area contributed by atoms with Crippen molar-refractivity contribution >= 4 is 33.8 Å². The summed E-state index contributed by atoms with van der Waals surface area (Å²) in [5.74, 6) is 3.97. The number of carbonyl (C=O) groups is 1. The number of aromatic amines is 1. The lowest BCUT2D eigenvalue weighted by Gasteiger charge is -2.27. The van der Waals surface area contributed by atoms with E-state index in [0.717, 1.165) is 50.8 Å². The van der Waals surface area contributed by atoms with E-state index in [4.69, 9.17) is 9.47 Å². The molecule has 0 radical (unpaired) electrons. The number of carbonyl (C=O) groups excluding carboxylic acids is 1. The van der Waals surface area contributed by atoms with Crippen LogP contribution in [0.15, 0.2) is 41.0 Å². The number of imidazole rings is 1. The first kappa shape index (κ1) is 22.3. The third-order valence-electron chi connectivity index (χ3n) is 5.74. The molecule has 0 unspecified atom stereocenters. The molecule has 3 heterocycles. The normalized spacial score (nSPS) is 17.4. The van der Waals surface area contributed by atoms with Crippen LogP contribution in [0.2, 0.25) is 0 Å². The summed E-state index contributed by atoms with van der Waals surface area (Å²) in [7, 11) is 0. The summed E-state index contributed by atoms with van der Waals surface area (Å²) >= 11 is 5.30. The zero-order chi connectivity index (χ0) is 23.3. The third kappa shape index (κ3) is 4.51. The van der Waals surface area contributed by atoms with Gasteiger partial charge >= 0.3 is 6.09 Å². The molecule has 172 valence electrons. The number of fused-ring (bicyclic) bond motifs is 2. The maximum Gasteiger partial charge on any atom is 0.411 e. The molecule has 33 heavy (non-hydrogen) atoms. The molecule has 2 aromatic carbocycles. The molecule has 1 N–H and O–H groups in total. The molecule has 0 aliphatic carbocycles. The SMILES string of the molecule is Cc1cc2c(cc1Br)Oc1ccc(-c3ncc([C@@H]4CSCN4C(=O)OC(C)(C)C)[nH]3)cc1C2. The molecule has 0 spiro atoms. The number of aryl methyl sites for hydroxylation is 1. The van der Waals surface area contributed by atoms with E-state index in [1.54, 1.807) is 16.7 Å². The van der Waals surface area contributed by atoms with Gasteiger partial charge in [-0.05, 0) is 63.1 Å². The molecule has 1 amide bonds. The predicted molar refractivity (Wildman–Crippen MR) is 134 cm³/mol. The molecule has 0 saturated carbocycles. The number of benzene rings is 2. The Morgan fingerprint density at radius 2 is 2.03 bits per heavy atom. The van der Waals surface area contributed by atoms with Crippen molar-refractivity contribution in [1.29, 1.82) is 0 Å². The molecule has 8 heteroatoms. The van der Waals surface area contributed by atoms with E-state index < -0.39 is 5.60 Å². The second kappa shape index (κ2) is 8.40. The van der Waals surface area contributed by atoms with Gasteiger partial charge in [0.05, 0.1) is 23.8 Å². The number of hydrogen-bond acceptors (Lipinski definition) is 5. The summed E-state index contributed by atoms with van der Waals surface area (Å²) in [5, 5.41) is 0. The molecule has 2 aliphatic rings. The van der Waals surface area contributed by atoms with Crippen LogP contribution in [0.4, 0.5) is 4.79 Å². The van der Waals surface area contributed by atoms with Crippen molar-refractivity contribution in [3.05, 3.63) is 63.4 Å². The van der Waals surface area contributed by atoms with Gasteiger partial charge in [-0.1, -0.05) is 22.0 Å². The van der Waals surface area contributed by atoms with Gasteiger partial charge in [-0.2, -0.15) is 0 Å². The molecule has 1 saturated heterocycles. The second-order valence-electron chi connectivity index (χ2n) is 9.46. The molecular formula is C25H26BrN3O3S. The minimum Gasteiger partial charge on any atom is -0.457 e. The van der Waals surface area contributed by atoms with Crippen LogP contribution in [0.1, 0.15) is 49.2 Å². The van der Waals surface area contributed by atoms with Crippen molar-refractivity contribution in [3.8, 4) is 22.9 Å². The lowest BCUT2D eigenvalue weighted by molar-refractivity contribution is 0.0236. The van der Waals surface area contributed by atoms with Crippen molar-refractivity contribution < 1.29 is 14.3 Å². The van der Waals surface area contributed by atoms with E-state index in [2.05, 4.69) is 45.0 Å². The standard InChI is InChI=1S/C25H26BrN3O3S/c1-14-7-16-9-17-8-15(5-6-21(17)31-22(16)10-18(14)26)23-27-11-19(28-23)20-12-33-13-29(20)24(30)32-25(2,3)4/h5-8,10-11,20H,9,12-13H2,1-4H3,(H,27,28)/t20-/m0/s1. The van der Waals surface area contributed by atoms with Gasteiger partial charge in [-0.15, -0.1) is 11.8 Å². The van der Waals surface area contributed by atoms with E-state index in [1.165, 1.54) is 11.1 Å². The molecule has 6 nitrogen and oxygen atoms in total. The van der Waals surface area contributed by atoms with Crippen molar-refractivity contribution in [1.82, 2.24) is 14.9 Å². The first-order chi connectivity index (χ1) is 15.7. The maximum absolute atomic E-state index is 12.7. The topological polar surface area (TPSA) is 67.4 Å². The van der Waals surface area contributed by atoms with Gasteiger partial charge < -0.3 is 14.5 Å². The fourth-order valence-electron chi connectivity index (χ4n) is 4.10. The molecule has 5 rings (SSSR count). The zero-order valence-corrected chi connectivity index (χ0v) is 21.5. The average molecular weight is 528 g/mol. The quantitative estimate of drug-likeness (QED) is 0.309. The predicted octanol–water partition coefficient (Wildman–Crippen LogP) is 6.83. The summed E-state index contributed by atoms with van der Waals surface area (Å²) in [6.07, 6.45) is 2.35. The Labute approximate surface area is 206 Å². The molecule has 2 aliphatic heterocycles. The molecule has 3 aromatic rings. The minimum atomic E-state index is -0.521.